The van der Waals surface area contributed by atoms with Crippen LogP contribution in [0.5, 0.6) is 0 Å². The first-order chi connectivity index (χ1) is 6.29. The van der Waals surface area contributed by atoms with Crippen LogP contribution in [-0.4, -0.2) is 25.5 Å². The summed E-state index contributed by atoms with van der Waals surface area (Å²) in [5.41, 5.74) is 1.64. The molecule has 0 N–H and O–H groups in total. The van der Waals surface area contributed by atoms with Crippen LogP contribution in [0.25, 0.3) is 0 Å². The molecule has 1 fully saturated rings. The van der Waals surface area contributed by atoms with E-state index < -0.39 is 0 Å². The third-order valence-corrected chi connectivity index (χ3v) is 2.43. The fourth-order valence-electron chi connectivity index (χ4n) is 1.65. The monoisotopic (exact) mass is 179 g/mol. The van der Waals surface area contributed by atoms with E-state index in [0.29, 0.717) is 0 Å². The summed E-state index contributed by atoms with van der Waals surface area (Å²) < 4.78 is 0. The maximum atomic E-state index is 2.31. The Morgan fingerprint density at radius 1 is 1.15 bits per heavy atom. The second-order valence-corrected chi connectivity index (χ2v) is 4.08. The van der Waals surface area contributed by atoms with Crippen LogP contribution in [0.15, 0.2) is 23.8 Å². The van der Waals surface area contributed by atoms with Crippen molar-refractivity contribution in [1.29, 1.82) is 0 Å². The molecule has 0 heterocycles. The molecule has 0 spiro atoms. The molecule has 1 rings (SSSR count). The summed E-state index contributed by atoms with van der Waals surface area (Å²) >= 11 is 0. The third kappa shape index (κ3) is 4.89. The van der Waals surface area contributed by atoms with Gasteiger partial charge in [-0.1, -0.05) is 30.2 Å². The molecule has 1 nitrogen and oxygen atoms in total. The summed E-state index contributed by atoms with van der Waals surface area (Å²) in [5.74, 6) is 0. The lowest BCUT2D eigenvalue weighted by molar-refractivity contribution is 0.456. The normalized spacial score (nSPS) is 18.5. The molecule has 0 radical (unpaired) electrons. The molecule has 1 saturated carbocycles. The van der Waals surface area contributed by atoms with Crippen molar-refractivity contribution in [2.75, 3.05) is 20.6 Å². The lowest BCUT2D eigenvalue weighted by Gasteiger charge is -2.12. The van der Waals surface area contributed by atoms with E-state index >= 15 is 0 Å². The van der Waals surface area contributed by atoms with Gasteiger partial charge in [-0.2, -0.15) is 0 Å². The van der Waals surface area contributed by atoms with Gasteiger partial charge in [0.05, 0.1) is 0 Å². The van der Waals surface area contributed by atoms with Crippen molar-refractivity contribution in [2.24, 2.45) is 0 Å². The molecule has 0 bridgehead atoms. The third-order valence-electron chi connectivity index (χ3n) is 2.43. The van der Waals surface area contributed by atoms with Crippen molar-refractivity contribution in [3.8, 4) is 0 Å². The fraction of sp³-hybridized carbons (Fsp3) is 0.667. The van der Waals surface area contributed by atoms with Crippen LogP contribution in [0.1, 0.15) is 32.1 Å². The van der Waals surface area contributed by atoms with Gasteiger partial charge in [0.2, 0.25) is 0 Å². The van der Waals surface area contributed by atoms with Gasteiger partial charge in [0.15, 0.2) is 0 Å². The van der Waals surface area contributed by atoms with Crippen molar-refractivity contribution in [1.82, 2.24) is 4.90 Å². The quantitative estimate of drug-likeness (QED) is 0.643. The lowest BCUT2D eigenvalue weighted by atomic mass is 9.95. The van der Waals surface area contributed by atoms with Crippen LogP contribution in [0.4, 0.5) is 0 Å². The molecule has 0 aliphatic heterocycles. The van der Waals surface area contributed by atoms with E-state index in [0.717, 1.165) is 6.54 Å². The molecular weight excluding hydrogens is 158 g/mol. The van der Waals surface area contributed by atoms with E-state index in [1.54, 1.807) is 5.57 Å². The van der Waals surface area contributed by atoms with E-state index in [2.05, 4.69) is 37.2 Å². The molecule has 0 aromatic rings. The van der Waals surface area contributed by atoms with Crippen LogP contribution < -0.4 is 0 Å². The molecule has 13 heavy (non-hydrogen) atoms. The predicted octanol–water partition coefficient (Wildman–Crippen LogP) is 2.99. The molecule has 74 valence electrons. The van der Waals surface area contributed by atoms with E-state index in [4.69, 9.17) is 0 Å². The summed E-state index contributed by atoms with van der Waals surface area (Å²) in [7, 11) is 4.19. The SMILES string of the molecule is CN(C)CC=CC=C1CCCCC1. The van der Waals surface area contributed by atoms with E-state index in [1.165, 1.54) is 32.1 Å². The van der Waals surface area contributed by atoms with Crippen molar-refractivity contribution >= 4 is 0 Å². The van der Waals surface area contributed by atoms with Gasteiger partial charge in [0.1, 0.15) is 0 Å². The molecular formula is C12H21N. The standard InChI is InChI=1S/C12H21N/c1-13(2)11-7-6-10-12-8-4-3-5-9-12/h6-7,10H,3-5,8-9,11H2,1-2H3. The van der Waals surface area contributed by atoms with Gasteiger partial charge >= 0.3 is 0 Å². The highest BCUT2D eigenvalue weighted by atomic mass is 15.0. The Hall–Kier alpha value is -0.560. The number of nitrogens with zero attached hydrogens (tertiary/aromatic N) is 1. The van der Waals surface area contributed by atoms with E-state index in [1.807, 2.05) is 0 Å². The van der Waals surface area contributed by atoms with Crippen LogP contribution in [0, 0.1) is 0 Å². The maximum absolute atomic E-state index is 2.31. The highest BCUT2D eigenvalue weighted by Crippen LogP contribution is 2.22. The van der Waals surface area contributed by atoms with Crippen molar-refractivity contribution in [3.63, 3.8) is 0 Å². The molecule has 1 aliphatic rings. The second kappa shape index (κ2) is 5.98. The molecule has 0 aromatic heterocycles. The summed E-state index contributed by atoms with van der Waals surface area (Å²) in [6.07, 6.45) is 13.6. The average molecular weight is 179 g/mol. The molecule has 0 amide bonds. The Morgan fingerprint density at radius 3 is 2.46 bits per heavy atom. The van der Waals surface area contributed by atoms with Gasteiger partial charge in [0.25, 0.3) is 0 Å². The lowest BCUT2D eigenvalue weighted by Crippen LogP contribution is -2.10. The van der Waals surface area contributed by atoms with Gasteiger partial charge in [-0.25, -0.2) is 0 Å². The Balaban J connectivity index is 2.24. The molecule has 0 saturated heterocycles. The highest BCUT2D eigenvalue weighted by molar-refractivity contribution is 5.13. The van der Waals surface area contributed by atoms with Crippen LogP contribution in [0.2, 0.25) is 0 Å². The Bertz CT molecular complexity index is 181. The molecule has 0 aromatic carbocycles. The zero-order valence-corrected chi connectivity index (χ0v) is 8.92. The van der Waals surface area contributed by atoms with Gasteiger partial charge in [0, 0.05) is 6.54 Å². The maximum Gasteiger partial charge on any atom is 0.0160 e. The minimum Gasteiger partial charge on any atom is -0.306 e. The van der Waals surface area contributed by atoms with E-state index in [9.17, 15) is 0 Å². The number of likely N-dealkylation sites (N-methyl/N-ethyl adjacent to an activating group) is 1. The van der Waals surface area contributed by atoms with Gasteiger partial charge in [-0.05, 0) is 39.8 Å². The molecule has 0 unspecified atom stereocenters. The number of hydrogen-bond acceptors (Lipinski definition) is 1. The van der Waals surface area contributed by atoms with E-state index in [-0.39, 0.29) is 0 Å². The summed E-state index contributed by atoms with van der Waals surface area (Å²) in [5, 5.41) is 0. The topological polar surface area (TPSA) is 3.24 Å². The number of hydrogen-bond donors (Lipinski definition) is 0. The molecule has 1 heteroatoms. The Kier molecular flexibility index (Phi) is 4.84. The Labute approximate surface area is 82.1 Å². The van der Waals surface area contributed by atoms with Crippen molar-refractivity contribution in [3.05, 3.63) is 23.8 Å². The zero-order valence-electron chi connectivity index (χ0n) is 8.92. The van der Waals surface area contributed by atoms with Crippen LogP contribution in [-0.2, 0) is 0 Å². The second-order valence-electron chi connectivity index (χ2n) is 4.08. The summed E-state index contributed by atoms with van der Waals surface area (Å²) in [6.45, 7) is 1.05. The largest absolute Gasteiger partial charge is 0.306 e. The summed E-state index contributed by atoms with van der Waals surface area (Å²) in [6, 6.07) is 0. The first-order valence-electron chi connectivity index (χ1n) is 5.28. The van der Waals surface area contributed by atoms with Gasteiger partial charge < -0.3 is 4.90 Å². The van der Waals surface area contributed by atoms with Crippen LogP contribution >= 0.6 is 0 Å². The van der Waals surface area contributed by atoms with Gasteiger partial charge in [-0.3, -0.25) is 0 Å². The molecule has 1 aliphatic carbocycles. The number of rotatable bonds is 3. The van der Waals surface area contributed by atoms with Gasteiger partial charge in [-0.15, -0.1) is 0 Å². The zero-order chi connectivity index (χ0) is 9.52. The first-order valence-corrected chi connectivity index (χ1v) is 5.28. The predicted molar refractivity (Wildman–Crippen MR) is 58.9 cm³/mol. The Morgan fingerprint density at radius 2 is 1.85 bits per heavy atom. The smallest absolute Gasteiger partial charge is 0.0160 e. The minimum absolute atomic E-state index is 1.05. The minimum atomic E-state index is 1.05. The number of allylic oxidation sites excluding steroid dienone is 3. The van der Waals surface area contributed by atoms with Crippen molar-refractivity contribution in [2.45, 2.75) is 32.1 Å². The highest BCUT2D eigenvalue weighted by Gasteiger charge is 2.02. The average Bonchev–Trinajstić information content (AvgIpc) is 2.14. The fourth-order valence-corrected chi connectivity index (χ4v) is 1.65. The van der Waals surface area contributed by atoms with Crippen LogP contribution in [0.3, 0.4) is 0 Å². The summed E-state index contributed by atoms with van der Waals surface area (Å²) in [4.78, 5) is 2.18. The molecule has 0 atom stereocenters. The first kappa shape index (κ1) is 10.5. The van der Waals surface area contributed by atoms with Crippen molar-refractivity contribution < 1.29 is 0 Å².